The number of hydrogen-bond donors (Lipinski definition) is 1. The van der Waals surface area contributed by atoms with Gasteiger partial charge in [-0.15, -0.1) is 0 Å². The van der Waals surface area contributed by atoms with Crippen molar-refractivity contribution in [3.8, 4) is 0 Å². The molecule has 0 aromatic heterocycles. The zero-order valence-electron chi connectivity index (χ0n) is 10.4. The maximum absolute atomic E-state index is 10.7. The summed E-state index contributed by atoms with van der Waals surface area (Å²) in [7, 11) is 0. The zero-order chi connectivity index (χ0) is 12.1. The van der Waals surface area contributed by atoms with Crippen LogP contribution in [0.1, 0.15) is 46.5 Å². The lowest BCUT2D eigenvalue weighted by Gasteiger charge is -2.18. The lowest BCUT2D eigenvalue weighted by molar-refractivity contribution is -0.129. The third-order valence-electron chi connectivity index (χ3n) is 3.35. The van der Waals surface area contributed by atoms with Gasteiger partial charge in [-0.25, -0.2) is 4.79 Å². The highest BCUT2D eigenvalue weighted by atomic mass is 16.4. The van der Waals surface area contributed by atoms with Crippen LogP contribution in [0.5, 0.6) is 0 Å². The van der Waals surface area contributed by atoms with Gasteiger partial charge in [-0.3, -0.25) is 4.99 Å². The van der Waals surface area contributed by atoms with Crippen LogP contribution in [-0.2, 0) is 4.79 Å². The highest BCUT2D eigenvalue weighted by Gasteiger charge is 2.18. The number of carbonyl (C=O) groups is 1. The Morgan fingerprint density at radius 2 is 2.25 bits per heavy atom. The van der Waals surface area contributed by atoms with E-state index in [-0.39, 0.29) is 5.71 Å². The van der Waals surface area contributed by atoms with E-state index < -0.39 is 5.97 Å². The predicted octanol–water partition coefficient (Wildman–Crippen LogP) is 3.26. The van der Waals surface area contributed by atoms with E-state index in [9.17, 15) is 4.79 Å². The molecule has 0 spiro atoms. The lowest BCUT2D eigenvalue weighted by Crippen LogP contribution is -2.11. The monoisotopic (exact) mass is 223 g/mol. The van der Waals surface area contributed by atoms with Gasteiger partial charge in [-0.1, -0.05) is 27.2 Å². The van der Waals surface area contributed by atoms with Crippen molar-refractivity contribution >= 4 is 11.7 Å². The van der Waals surface area contributed by atoms with E-state index in [1.54, 1.807) is 6.20 Å². The molecule has 0 fully saturated rings. The van der Waals surface area contributed by atoms with Gasteiger partial charge in [0.25, 0.3) is 0 Å². The number of hydrogen-bond acceptors (Lipinski definition) is 2. The Kier molecular flexibility index (Phi) is 4.71. The molecule has 0 aliphatic carbocycles. The van der Waals surface area contributed by atoms with Crippen LogP contribution in [0.3, 0.4) is 0 Å². The van der Waals surface area contributed by atoms with E-state index in [2.05, 4.69) is 25.8 Å². The number of aliphatic carboxylic acids is 1. The van der Waals surface area contributed by atoms with E-state index in [4.69, 9.17) is 5.11 Å². The number of aliphatic imine (C=N–C) groups is 1. The van der Waals surface area contributed by atoms with Crippen LogP contribution in [-0.4, -0.2) is 16.8 Å². The Morgan fingerprint density at radius 1 is 1.56 bits per heavy atom. The standard InChI is InChI=1S/C13H21NO2/c1-4-11(9(2)3)6-5-10-7-12(13(15)16)14-8-10/h8-9,11H,4-7H2,1-3H3,(H,15,16). The summed E-state index contributed by atoms with van der Waals surface area (Å²) in [6.45, 7) is 6.71. The van der Waals surface area contributed by atoms with Gasteiger partial charge >= 0.3 is 5.97 Å². The number of nitrogens with zero attached hydrogens (tertiary/aromatic N) is 1. The van der Waals surface area contributed by atoms with Crippen LogP contribution < -0.4 is 0 Å². The third-order valence-corrected chi connectivity index (χ3v) is 3.35. The second-order valence-electron chi connectivity index (χ2n) is 4.80. The van der Waals surface area contributed by atoms with Crippen molar-refractivity contribution in [2.45, 2.75) is 46.5 Å². The minimum absolute atomic E-state index is 0.285. The molecule has 0 saturated heterocycles. The molecule has 1 rings (SSSR count). The first kappa shape index (κ1) is 12.9. The fourth-order valence-corrected chi connectivity index (χ4v) is 2.14. The Bertz CT molecular complexity index is 316. The Balaban J connectivity index is 2.34. The van der Waals surface area contributed by atoms with Gasteiger partial charge in [0.05, 0.1) is 0 Å². The minimum atomic E-state index is -0.887. The first-order valence-corrected chi connectivity index (χ1v) is 6.02. The summed E-state index contributed by atoms with van der Waals surface area (Å²) in [5.41, 5.74) is 1.45. The van der Waals surface area contributed by atoms with Gasteiger partial charge in [0.15, 0.2) is 0 Å². The van der Waals surface area contributed by atoms with Gasteiger partial charge in [-0.05, 0) is 30.3 Å². The van der Waals surface area contributed by atoms with Crippen LogP contribution in [0.2, 0.25) is 0 Å². The molecule has 90 valence electrons. The number of carboxylic acid groups (broad SMARTS) is 1. The lowest BCUT2D eigenvalue weighted by atomic mass is 9.87. The molecule has 16 heavy (non-hydrogen) atoms. The molecule has 0 aromatic rings. The molecular weight excluding hydrogens is 202 g/mol. The van der Waals surface area contributed by atoms with Crippen LogP contribution in [0, 0.1) is 11.8 Å². The Hall–Kier alpha value is -1.12. The summed E-state index contributed by atoms with van der Waals surface area (Å²) in [6, 6.07) is 0. The van der Waals surface area contributed by atoms with Crippen molar-refractivity contribution in [2.75, 3.05) is 0 Å². The summed E-state index contributed by atoms with van der Waals surface area (Å²) in [5, 5.41) is 8.78. The number of rotatable bonds is 6. The fourth-order valence-electron chi connectivity index (χ4n) is 2.14. The van der Waals surface area contributed by atoms with Gasteiger partial charge in [0.2, 0.25) is 0 Å². The summed E-state index contributed by atoms with van der Waals surface area (Å²) in [4.78, 5) is 14.6. The molecule has 0 radical (unpaired) electrons. The van der Waals surface area contributed by atoms with Crippen molar-refractivity contribution in [2.24, 2.45) is 16.8 Å². The minimum Gasteiger partial charge on any atom is -0.477 e. The van der Waals surface area contributed by atoms with Gasteiger partial charge in [0.1, 0.15) is 5.71 Å². The molecule has 0 aromatic carbocycles. The number of carboxylic acids is 1. The Labute approximate surface area is 97.3 Å². The molecule has 0 saturated carbocycles. The SMILES string of the molecule is CCC(CCC1=CN=C(C(=O)O)C1)C(C)C. The Morgan fingerprint density at radius 3 is 2.69 bits per heavy atom. The quantitative estimate of drug-likeness (QED) is 0.751. The maximum atomic E-state index is 10.7. The largest absolute Gasteiger partial charge is 0.477 e. The summed E-state index contributed by atoms with van der Waals surface area (Å²) in [5.74, 6) is 0.545. The molecule has 1 N–H and O–H groups in total. The second kappa shape index (κ2) is 5.83. The molecule has 3 nitrogen and oxygen atoms in total. The summed E-state index contributed by atoms with van der Waals surface area (Å²) >= 11 is 0. The van der Waals surface area contributed by atoms with Crippen molar-refractivity contribution in [1.82, 2.24) is 0 Å². The zero-order valence-corrected chi connectivity index (χ0v) is 10.4. The van der Waals surface area contributed by atoms with Crippen molar-refractivity contribution < 1.29 is 9.90 Å². The predicted molar refractivity (Wildman–Crippen MR) is 65.6 cm³/mol. The van der Waals surface area contributed by atoms with E-state index in [0.29, 0.717) is 12.3 Å². The molecule has 1 aliphatic rings. The second-order valence-corrected chi connectivity index (χ2v) is 4.80. The van der Waals surface area contributed by atoms with E-state index in [0.717, 1.165) is 24.3 Å². The maximum Gasteiger partial charge on any atom is 0.350 e. The average Bonchev–Trinajstić information content (AvgIpc) is 2.67. The van der Waals surface area contributed by atoms with E-state index in [1.165, 1.54) is 6.42 Å². The third kappa shape index (κ3) is 3.47. The highest BCUT2D eigenvalue weighted by molar-refractivity contribution is 6.36. The first-order valence-electron chi connectivity index (χ1n) is 6.02. The van der Waals surface area contributed by atoms with E-state index >= 15 is 0 Å². The molecular formula is C13H21NO2. The van der Waals surface area contributed by atoms with Crippen LogP contribution in [0.15, 0.2) is 16.8 Å². The molecule has 1 atom stereocenters. The van der Waals surface area contributed by atoms with Crippen LogP contribution >= 0.6 is 0 Å². The first-order chi connectivity index (χ1) is 7.54. The smallest absolute Gasteiger partial charge is 0.350 e. The molecule has 1 aliphatic heterocycles. The highest BCUT2D eigenvalue weighted by Crippen LogP contribution is 2.25. The van der Waals surface area contributed by atoms with Crippen LogP contribution in [0.25, 0.3) is 0 Å². The molecule has 1 unspecified atom stereocenters. The van der Waals surface area contributed by atoms with Crippen molar-refractivity contribution in [1.29, 1.82) is 0 Å². The molecule has 3 heteroatoms. The van der Waals surface area contributed by atoms with Gasteiger partial charge in [-0.2, -0.15) is 0 Å². The fraction of sp³-hybridized carbons (Fsp3) is 0.692. The molecule has 1 heterocycles. The summed E-state index contributed by atoms with van der Waals surface area (Å²) in [6.07, 6.45) is 5.58. The van der Waals surface area contributed by atoms with Crippen molar-refractivity contribution in [3.63, 3.8) is 0 Å². The topological polar surface area (TPSA) is 49.7 Å². The molecule has 0 bridgehead atoms. The normalized spacial score (nSPS) is 17.2. The summed E-state index contributed by atoms with van der Waals surface area (Å²) < 4.78 is 0. The van der Waals surface area contributed by atoms with Gasteiger partial charge < -0.3 is 5.11 Å². The number of allylic oxidation sites excluding steroid dienone is 1. The van der Waals surface area contributed by atoms with Gasteiger partial charge in [0, 0.05) is 12.6 Å². The van der Waals surface area contributed by atoms with Crippen molar-refractivity contribution in [3.05, 3.63) is 11.8 Å². The molecule has 0 amide bonds. The van der Waals surface area contributed by atoms with E-state index in [1.807, 2.05) is 0 Å². The van der Waals surface area contributed by atoms with Crippen LogP contribution in [0.4, 0.5) is 0 Å². The average molecular weight is 223 g/mol.